The molecule has 41 heavy (non-hydrogen) atoms. The lowest BCUT2D eigenvalue weighted by atomic mass is 9.74. The third-order valence-electron chi connectivity index (χ3n) is 7.30. The molecule has 5 N–H and O–H groups in total. The average molecular weight is 581 g/mol. The molecule has 2 bridgehead atoms. The number of ether oxygens (including phenoxy) is 4. The number of carboxylic acids is 3. The average Bonchev–Trinajstić information content (AvgIpc) is 3.09. The minimum atomic E-state index is -3.86. The van der Waals surface area contributed by atoms with Crippen LogP contribution in [0.2, 0.25) is 0 Å². The van der Waals surface area contributed by atoms with E-state index in [1.165, 1.54) is 6.92 Å². The fraction of sp³-hybridized carbons (Fsp3) is 0.519. The van der Waals surface area contributed by atoms with Crippen LogP contribution in [-0.2, 0) is 49.3 Å². The number of esters is 2. The van der Waals surface area contributed by atoms with Gasteiger partial charge < -0.3 is 44.5 Å². The van der Waals surface area contributed by atoms with Crippen LogP contribution in [0.4, 0.5) is 0 Å². The summed E-state index contributed by atoms with van der Waals surface area (Å²) in [5, 5.41) is 51.6. The highest BCUT2D eigenvalue weighted by Gasteiger charge is 2.85. The lowest BCUT2D eigenvalue weighted by Crippen LogP contribution is -2.77. The van der Waals surface area contributed by atoms with Gasteiger partial charge in [-0.1, -0.05) is 43.8 Å². The zero-order valence-corrected chi connectivity index (χ0v) is 22.5. The van der Waals surface area contributed by atoms with Crippen molar-refractivity contribution in [2.75, 3.05) is 0 Å². The van der Waals surface area contributed by atoms with Crippen molar-refractivity contribution in [3.63, 3.8) is 0 Å². The Balaban J connectivity index is 2.02. The highest BCUT2D eigenvalue weighted by Crippen LogP contribution is 2.55. The topological polar surface area (TPSA) is 223 Å². The van der Waals surface area contributed by atoms with Gasteiger partial charge in [0, 0.05) is 26.2 Å². The SMILES string of the molecule is C=C(CC[C@]12O[C@H](C(=O)O)[C@@](O)(C(=O)O)[C@](C(=O)O)(O1)[C@H](O)[C@H]2OC(C)=O)[C@@H](OC(C)=O)[C@H](C)Cc1ccccc1. The Kier molecular flexibility index (Phi) is 8.93. The van der Waals surface area contributed by atoms with Crippen molar-refractivity contribution in [3.8, 4) is 0 Å². The summed E-state index contributed by atoms with van der Waals surface area (Å²) in [7, 11) is 0. The second-order valence-corrected chi connectivity index (χ2v) is 10.2. The Morgan fingerprint density at radius 3 is 2.12 bits per heavy atom. The molecule has 0 aliphatic carbocycles. The number of carboxylic acid groups (broad SMARTS) is 3. The van der Waals surface area contributed by atoms with Crippen LogP contribution in [0, 0.1) is 5.92 Å². The normalized spacial score (nSPS) is 31.9. The zero-order valence-electron chi connectivity index (χ0n) is 22.5. The molecule has 3 rings (SSSR count). The monoisotopic (exact) mass is 580 g/mol. The van der Waals surface area contributed by atoms with Crippen LogP contribution in [-0.4, -0.2) is 96.8 Å². The molecule has 2 fully saturated rings. The molecule has 8 atom stereocenters. The van der Waals surface area contributed by atoms with E-state index in [4.69, 9.17) is 18.9 Å². The van der Waals surface area contributed by atoms with E-state index in [1.54, 1.807) is 6.92 Å². The molecule has 224 valence electrons. The highest BCUT2D eigenvalue weighted by atomic mass is 16.8. The van der Waals surface area contributed by atoms with Gasteiger partial charge in [0.1, 0.15) is 12.2 Å². The van der Waals surface area contributed by atoms with Crippen LogP contribution in [0.25, 0.3) is 0 Å². The number of hydrogen-bond donors (Lipinski definition) is 5. The summed E-state index contributed by atoms with van der Waals surface area (Å²) >= 11 is 0. The van der Waals surface area contributed by atoms with Crippen LogP contribution in [0.15, 0.2) is 42.5 Å². The van der Waals surface area contributed by atoms with Crippen molar-refractivity contribution in [2.24, 2.45) is 5.92 Å². The van der Waals surface area contributed by atoms with Gasteiger partial charge in [-0.15, -0.1) is 0 Å². The van der Waals surface area contributed by atoms with E-state index in [9.17, 15) is 49.5 Å². The maximum Gasteiger partial charge on any atom is 0.343 e. The Morgan fingerprint density at radius 1 is 1.02 bits per heavy atom. The van der Waals surface area contributed by atoms with Crippen LogP contribution in [0.5, 0.6) is 0 Å². The van der Waals surface area contributed by atoms with Crippen molar-refractivity contribution in [1.82, 2.24) is 0 Å². The largest absolute Gasteiger partial charge is 0.479 e. The summed E-state index contributed by atoms with van der Waals surface area (Å²) in [4.78, 5) is 60.5. The Labute approximate surface area is 234 Å². The van der Waals surface area contributed by atoms with Crippen LogP contribution >= 0.6 is 0 Å². The fourth-order valence-electron chi connectivity index (χ4n) is 5.49. The summed E-state index contributed by atoms with van der Waals surface area (Å²) in [5.41, 5.74) is -6.21. The van der Waals surface area contributed by atoms with Crippen LogP contribution < -0.4 is 0 Å². The Bertz CT molecular complexity index is 1230. The first kappa shape index (κ1) is 31.7. The predicted molar refractivity (Wildman–Crippen MR) is 134 cm³/mol. The number of carbonyl (C=O) groups excluding carboxylic acids is 2. The van der Waals surface area contributed by atoms with Gasteiger partial charge >= 0.3 is 29.8 Å². The van der Waals surface area contributed by atoms with E-state index in [0.29, 0.717) is 6.42 Å². The molecule has 0 amide bonds. The van der Waals surface area contributed by atoms with Crippen molar-refractivity contribution in [3.05, 3.63) is 48.0 Å². The first-order valence-electron chi connectivity index (χ1n) is 12.6. The first-order chi connectivity index (χ1) is 19.0. The number of fused-ring (bicyclic) bond motifs is 2. The van der Waals surface area contributed by atoms with E-state index in [0.717, 1.165) is 12.5 Å². The third kappa shape index (κ3) is 5.43. The van der Waals surface area contributed by atoms with Gasteiger partial charge in [-0.25, -0.2) is 14.4 Å². The Hall–Kier alpha value is -3.85. The minimum absolute atomic E-state index is 0.227. The summed E-state index contributed by atoms with van der Waals surface area (Å²) in [5.74, 6) is -11.3. The van der Waals surface area contributed by atoms with Gasteiger partial charge in [0.2, 0.25) is 23.1 Å². The zero-order chi connectivity index (χ0) is 30.9. The molecule has 2 aliphatic heterocycles. The molecule has 0 saturated carbocycles. The number of carbonyl (C=O) groups is 5. The molecule has 14 nitrogen and oxygen atoms in total. The second kappa shape index (κ2) is 11.6. The third-order valence-corrected chi connectivity index (χ3v) is 7.30. The molecule has 14 heteroatoms. The summed E-state index contributed by atoms with van der Waals surface area (Å²) < 4.78 is 21.5. The standard InChI is InChI=1S/C27H32O14/c1-13(18(38-15(3)28)14(2)12-17-8-6-5-7-9-17)10-11-25-20(39-16(4)29)19(30)27(41-25,24(35)36)26(37,23(33)34)21(40-25)22(31)32/h5-9,14,18-21,30,37H,1,10-12H2,2-4H3,(H,31,32)(H,33,34)(H,35,36)/t14-,18-,19-,20-,21-,25+,26-,27+/m1/s1. The van der Waals surface area contributed by atoms with Gasteiger partial charge in [0.25, 0.3) is 0 Å². The molecular formula is C27H32O14. The van der Waals surface area contributed by atoms with E-state index < -0.39 is 77.7 Å². The molecule has 2 saturated heterocycles. The second-order valence-electron chi connectivity index (χ2n) is 10.2. The molecule has 1 aromatic rings. The summed E-state index contributed by atoms with van der Waals surface area (Å²) in [6, 6.07) is 9.25. The fourth-order valence-corrected chi connectivity index (χ4v) is 5.49. The summed E-state index contributed by atoms with van der Waals surface area (Å²) in [6.07, 6.45) is -8.69. The number of rotatable bonds is 12. The van der Waals surface area contributed by atoms with Crippen molar-refractivity contribution in [1.29, 1.82) is 0 Å². The summed E-state index contributed by atoms with van der Waals surface area (Å²) in [6.45, 7) is 7.85. The molecule has 0 aromatic heterocycles. The maximum absolute atomic E-state index is 12.5. The van der Waals surface area contributed by atoms with E-state index in [2.05, 4.69) is 6.58 Å². The number of hydrogen-bond acceptors (Lipinski definition) is 11. The molecule has 0 spiro atoms. The molecule has 0 unspecified atom stereocenters. The smallest absolute Gasteiger partial charge is 0.343 e. The number of aliphatic hydroxyl groups is 2. The van der Waals surface area contributed by atoms with Gasteiger partial charge in [-0.3, -0.25) is 9.59 Å². The van der Waals surface area contributed by atoms with Crippen molar-refractivity contribution < 1.29 is 68.5 Å². The van der Waals surface area contributed by atoms with Crippen LogP contribution in [0.3, 0.4) is 0 Å². The molecule has 2 heterocycles. The number of benzene rings is 1. The van der Waals surface area contributed by atoms with Crippen LogP contribution in [0.1, 0.15) is 39.2 Å². The number of aliphatic carboxylic acids is 3. The molecular weight excluding hydrogens is 548 g/mol. The lowest BCUT2D eigenvalue weighted by molar-refractivity contribution is -0.374. The molecule has 2 aliphatic rings. The highest BCUT2D eigenvalue weighted by molar-refractivity contribution is 5.97. The van der Waals surface area contributed by atoms with E-state index in [1.807, 2.05) is 30.3 Å². The molecule has 0 radical (unpaired) electrons. The lowest BCUT2D eigenvalue weighted by Gasteiger charge is -2.48. The van der Waals surface area contributed by atoms with Gasteiger partial charge in [-0.05, 0) is 24.0 Å². The Morgan fingerprint density at radius 2 is 1.63 bits per heavy atom. The van der Waals surface area contributed by atoms with Crippen molar-refractivity contribution in [2.45, 2.75) is 81.4 Å². The molecule has 1 aromatic carbocycles. The number of aliphatic hydroxyl groups excluding tert-OH is 1. The quantitative estimate of drug-likeness (QED) is 0.165. The van der Waals surface area contributed by atoms with Crippen molar-refractivity contribution >= 4 is 29.8 Å². The van der Waals surface area contributed by atoms with E-state index >= 15 is 0 Å². The van der Waals surface area contributed by atoms with Gasteiger partial charge in [-0.2, -0.15) is 0 Å². The first-order valence-corrected chi connectivity index (χ1v) is 12.6. The van der Waals surface area contributed by atoms with E-state index in [-0.39, 0.29) is 17.9 Å². The van der Waals surface area contributed by atoms with Gasteiger partial charge in [0.15, 0.2) is 6.10 Å². The van der Waals surface area contributed by atoms with Gasteiger partial charge in [0.05, 0.1) is 0 Å². The predicted octanol–water partition coefficient (Wildman–Crippen LogP) is 0.275. The minimum Gasteiger partial charge on any atom is -0.479 e. The maximum atomic E-state index is 12.5.